The first-order chi connectivity index (χ1) is 10.0. The molecule has 0 aliphatic carbocycles. The Morgan fingerprint density at radius 1 is 1.38 bits per heavy atom. The number of hydrogen-bond donors (Lipinski definition) is 1. The molecule has 21 heavy (non-hydrogen) atoms. The molecule has 2 aromatic carbocycles. The van der Waals surface area contributed by atoms with Crippen LogP contribution >= 0.6 is 11.6 Å². The number of hydrogen-bond acceptors (Lipinski definition) is 4. The Morgan fingerprint density at radius 2 is 2.14 bits per heavy atom. The molecule has 7 heteroatoms. The summed E-state index contributed by atoms with van der Waals surface area (Å²) in [6.07, 6.45) is 0. The minimum Gasteiger partial charge on any atom is -0.496 e. The van der Waals surface area contributed by atoms with Crippen LogP contribution in [0.1, 0.15) is 5.56 Å². The SMILES string of the molecule is COc1cccc(Cl)c1CNc1ccc([N+](=O)[O-])cc1F. The van der Waals surface area contributed by atoms with Gasteiger partial charge in [-0.25, -0.2) is 4.39 Å². The zero-order valence-electron chi connectivity index (χ0n) is 11.1. The Morgan fingerprint density at radius 3 is 2.76 bits per heavy atom. The van der Waals surface area contributed by atoms with Crippen molar-refractivity contribution in [2.24, 2.45) is 0 Å². The monoisotopic (exact) mass is 310 g/mol. The average molecular weight is 311 g/mol. The van der Waals surface area contributed by atoms with E-state index in [4.69, 9.17) is 16.3 Å². The summed E-state index contributed by atoms with van der Waals surface area (Å²) in [6.45, 7) is 0.234. The van der Waals surface area contributed by atoms with Gasteiger partial charge in [-0.1, -0.05) is 17.7 Å². The highest BCUT2D eigenvalue weighted by atomic mass is 35.5. The van der Waals surface area contributed by atoms with Crippen LogP contribution in [0, 0.1) is 15.9 Å². The minimum absolute atomic E-state index is 0.155. The van der Waals surface area contributed by atoms with E-state index < -0.39 is 10.7 Å². The van der Waals surface area contributed by atoms with Crippen LogP contribution in [0.4, 0.5) is 15.8 Å². The fourth-order valence-electron chi connectivity index (χ4n) is 1.85. The molecule has 0 aliphatic heterocycles. The number of methoxy groups -OCH3 is 1. The van der Waals surface area contributed by atoms with Crippen LogP contribution in [-0.4, -0.2) is 12.0 Å². The number of nitrogens with zero attached hydrogens (tertiary/aromatic N) is 1. The molecule has 0 radical (unpaired) electrons. The summed E-state index contributed by atoms with van der Waals surface area (Å²) in [7, 11) is 1.52. The van der Waals surface area contributed by atoms with Gasteiger partial charge in [0.05, 0.1) is 23.8 Å². The lowest BCUT2D eigenvalue weighted by atomic mass is 10.2. The number of nitrogens with one attached hydrogen (secondary N) is 1. The second kappa shape index (κ2) is 6.41. The van der Waals surface area contributed by atoms with Crippen molar-refractivity contribution in [1.29, 1.82) is 0 Å². The molecule has 0 amide bonds. The van der Waals surface area contributed by atoms with E-state index in [2.05, 4.69) is 5.32 Å². The van der Waals surface area contributed by atoms with E-state index in [9.17, 15) is 14.5 Å². The maximum absolute atomic E-state index is 13.8. The molecule has 0 aromatic heterocycles. The topological polar surface area (TPSA) is 64.4 Å². The lowest BCUT2D eigenvalue weighted by molar-refractivity contribution is -0.385. The number of rotatable bonds is 5. The number of ether oxygens (including phenoxy) is 1. The Labute approximate surface area is 125 Å². The number of halogens is 2. The standard InChI is InChI=1S/C14H12ClFN2O3/c1-21-14-4-2-3-11(15)10(14)8-17-13-6-5-9(18(19)20)7-12(13)16/h2-7,17H,8H2,1H3. The summed E-state index contributed by atoms with van der Waals surface area (Å²) in [4.78, 5) is 9.91. The van der Waals surface area contributed by atoms with Crippen molar-refractivity contribution < 1.29 is 14.1 Å². The van der Waals surface area contributed by atoms with Crippen LogP contribution in [0.15, 0.2) is 36.4 Å². The summed E-state index contributed by atoms with van der Waals surface area (Å²) in [5, 5.41) is 13.9. The van der Waals surface area contributed by atoms with Gasteiger partial charge in [0.25, 0.3) is 5.69 Å². The van der Waals surface area contributed by atoms with Gasteiger partial charge in [0.15, 0.2) is 5.82 Å². The summed E-state index contributed by atoms with van der Waals surface area (Å²) in [5.41, 5.74) is 0.537. The summed E-state index contributed by atoms with van der Waals surface area (Å²) in [6, 6.07) is 8.61. The lowest BCUT2D eigenvalue weighted by Gasteiger charge is -2.12. The van der Waals surface area contributed by atoms with Gasteiger partial charge in [-0.3, -0.25) is 10.1 Å². The molecule has 0 fully saturated rings. The van der Waals surface area contributed by atoms with Crippen LogP contribution < -0.4 is 10.1 Å². The second-order valence-corrected chi connectivity index (χ2v) is 4.60. The van der Waals surface area contributed by atoms with E-state index in [-0.39, 0.29) is 17.9 Å². The number of benzene rings is 2. The van der Waals surface area contributed by atoms with Gasteiger partial charge in [-0.15, -0.1) is 0 Å². The number of anilines is 1. The molecule has 2 rings (SSSR count). The third-order valence-corrected chi connectivity index (χ3v) is 3.27. The zero-order chi connectivity index (χ0) is 15.4. The van der Waals surface area contributed by atoms with Crippen molar-refractivity contribution in [2.75, 3.05) is 12.4 Å². The van der Waals surface area contributed by atoms with Crippen molar-refractivity contribution in [1.82, 2.24) is 0 Å². The van der Waals surface area contributed by atoms with Gasteiger partial charge in [-0.05, 0) is 18.2 Å². The van der Waals surface area contributed by atoms with E-state index in [1.54, 1.807) is 18.2 Å². The first kappa shape index (κ1) is 15.1. The molecular formula is C14H12ClFN2O3. The number of nitro benzene ring substituents is 1. The summed E-state index contributed by atoms with van der Waals surface area (Å²) in [5.74, 6) is -0.118. The van der Waals surface area contributed by atoms with Crippen LogP contribution in [0.25, 0.3) is 0 Å². The highest BCUT2D eigenvalue weighted by Crippen LogP contribution is 2.28. The largest absolute Gasteiger partial charge is 0.496 e. The maximum Gasteiger partial charge on any atom is 0.272 e. The molecule has 0 spiro atoms. The molecule has 5 nitrogen and oxygen atoms in total. The Balaban J connectivity index is 2.19. The zero-order valence-corrected chi connectivity index (χ0v) is 11.9. The van der Waals surface area contributed by atoms with Gasteiger partial charge in [0.2, 0.25) is 0 Å². The smallest absolute Gasteiger partial charge is 0.272 e. The molecule has 0 saturated heterocycles. The highest BCUT2D eigenvalue weighted by Gasteiger charge is 2.12. The molecular weight excluding hydrogens is 299 g/mol. The summed E-state index contributed by atoms with van der Waals surface area (Å²) >= 11 is 6.08. The Bertz CT molecular complexity index is 679. The maximum atomic E-state index is 13.8. The van der Waals surface area contributed by atoms with Crippen molar-refractivity contribution in [3.63, 3.8) is 0 Å². The average Bonchev–Trinajstić information content (AvgIpc) is 2.46. The second-order valence-electron chi connectivity index (χ2n) is 4.20. The normalized spacial score (nSPS) is 10.2. The molecule has 0 bridgehead atoms. The fraction of sp³-hybridized carbons (Fsp3) is 0.143. The third-order valence-electron chi connectivity index (χ3n) is 2.91. The number of non-ortho nitro benzene ring substituents is 1. The van der Waals surface area contributed by atoms with Gasteiger partial charge < -0.3 is 10.1 Å². The predicted molar refractivity (Wildman–Crippen MR) is 78.4 cm³/mol. The van der Waals surface area contributed by atoms with Gasteiger partial charge in [0.1, 0.15) is 5.75 Å². The first-order valence-electron chi connectivity index (χ1n) is 6.02. The molecule has 0 unspecified atom stereocenters. The van der Waals surface area contributed by atoms with Crippen molar-refractivity contribution in [2.45, 2.75) is 6.54 Å². The Kier molecular flexibility index (Phi) is 4.59. The third kappa shape index (κ3) is 3.41. The van der Waals surface area contributed by atoms with E-state index in [0.29, 0.717) is 16.3 Å². The molecule has 2 aromatic rings. The quantitative estimate of drug-likeness (QED) is 0.669. The molecule has 110 valence electrons. The first-order valence-corrected chi connectivity index (χ1v) is 6.40. The van der Waals surface area contributed by atoms with Gasteiger partial charge in [-0.2, -0.15) is 0 Å². The lowest BCUT2D eigenvalue weighted by Crippen LogP contribution is -2.04. The van der Waals surface area contributed by atoms with Crippen LogP contribution in [0.2, 0.25) is 5.02 Å². The van der Waals surface area contributed by atoms with Gasteiger partial charge in [0, 0.05) is 23.2 Å². The van der Waals surface area contributed by atoms with E-state index >= 15 is 0 Å². The van der Waals surface area contributed by atoms with Crippen molar-refractivity contribution >= 4 is 23.0 Å². The molecule has 1 N–H and O–H groups in total. The number of nitro groups is 1. The van der Waals surface area contributed by atoms with E-state index in [0.717, 1.165) is 6.07 Å². The fourth-order valence-corrected chi connectivity index (χ4v) is 2.08. The molecule has 0 heterocycles. The van der Waals surface area contributed by atoms with E-state index in [1.807, 2.05) is 0 Å². The highest BCUT2D eigenvalue weighted by molar-refractivity contribution is 6.31. The Hall–Kier alpha value is -2.34. The molecule has 0 atom stereocenters. The predicted octanol–water partition coefficient (Wildman–Crippen LogP) is 4.01. The molecule has 0 aliphatic rings. The van der Waals surface area contributed by atoms with Crippen LogP contribution in [-0.2, 0) is 6.54 Å². The van der Waals surface area contributed by atoms with Crippen LogP contribution in [0.3, 0.4) is 0 Å². The van der Waals surface area contributed by atoms with Crippen LogP contribution in [0.5, 0.6) is 5.75 Å². The summed E-state index contributed by atoms with van der Waals surface area (Å²) < 4.78 is 19.0. The van der Waals surface area contributed by atoms with E-state index in [1.165, 1.54) is 19.2 Å². The van der Waals surface area contributed by atoms with Gasteiger partial charge >= 0.3 is 0 Å². The van der Waals surface area contributed by atoms with Crippen molar-refractivity contribution in [3.8, 4) is 5.75 Å². The van der Waals surface area contributed by atoms with Crippen molar-refractivity contribution in [3.05, 3.63) is 62.9 Å². The minimum atomic E-state index is -0.699. The molecule has 0 saturated carbocycles.